The van der Waals surface area contributed by atoms with E-state index in [1.807, 2.05) is 6.92 Å². The summed E-state index contributed by atoms with van der Waals surface area (Å²) in [6.07, 6.45) is 2.62. The normalized spacial score (nSPS) is 32.5. The standard InChI is InChI=1S/C10H20O3S.Na.H/c1-7(2)9-5-4-8(3)10(6-9)14(11,12)13;;/h7-10H,4-6H2,1-3H3,(H,11,12,13);;. The second kappa shape index (κ2) is 6.01. The quantitative estimate of drug-likeness (QED) is 0.594. The summed E-state index contributed by atoms with van der Waals surface area (Å²) >= 11 is 0. The van der Waals surface area contributed by atoms with Gasteiger partial charge < -0.3 is 0 Å². The summed E-state index contributed by atoms with van der Waals surface area (Å²) in [6, 6.07) is 0. The van der Waals surface area contributed by atoms with Crippen molar-refractivity contribution in [2.75, 3.05) is 0 Å². The van der Waals surface area contributed by atoms with Gasteiger partial charge in [0, 0.05) is 0 Å². The zero-order valence-corrected chi connectivity index (χ0v) is 9.92. The molecular formula is C10H21NaO3S. The second-order valence-electron chi connectivity index (χ2n) is 4.85. The molecule has 0 radical (unpaired) electrons. The van der Waals surface area contributed by atoms with Crippen molar-refractivity contribution in [3.8, 4) is 0 Å². The van der Waals surface area contributed by atoms with Gasteiger partial charge in [-0.3, -0.25) is 4.55 Å². The molecule has 1 rings (SSSR count). The van der Waals surface area contributed by atoms with Gasteiger partial charge in [0.05, 0.1) is 5.25 Å². The Morgan fingerprint density at radius 3 is 2.20 bits per heavy atom. The fourth-order valence-electron chi connectivity index (χ4n) is 2.33. The zero-order chi connectivity index (χ0) is 10.9. The minimum atomic E-state index is -3.84. The molecule has 3 atom stereocenters. The van der Waals surface area contributed by atoms with Crippen LogP contribution in [0.5, 0.6) is 0 Å². The summed E-state index contributed by atoms with van der Waals surface area (Å²) in [4.78, 5) is 0. The van der Waals surface area contributed by atoms with Crippen LogP contribution in [0.15, 0.2) is 0 Å². The summed E-state index contributed by atoms with van der Waals surface area (Å²) in [5.74, 6) is 1.05. The van der Waals surface area contributed by atoms with Crippen LogP contribution in [0, 0.1) is 17.8 Å². The SMILES string of the molecule is CC(C)C1CCC(C)C(S(=O)(=O)O)C1.[NaH]. The topological polar surface area (TPSA) is 54.4 Å². The van der Waals surface area contributed by atoms with E-state index in [1.54, 1.807) is 0 Å². The van der Waals surface area contributed by atoms with Gasteiger partial charge in [-0.05, 0) is 37.0 Å². The molecule has 0 bridgehead atoms. The second-order valence-corrected chi connectivity index (χ2v) is 6.48. The molecule has 3 unspecified atom stereocenters. The average Bonchev–Trinajstić information content (AvgIpc) is 2.02. The van der Waals surface area contributed by atoms with E-state index < -0.39 is 15.4 Å². The van der Waals surface area contributed by atoms with Gasteiger partial charge in [0.25, 0.3) is 10.1 Å². The van der Waals surface area contributed by atoms with E-state index in [-0.39, 0.29) is 35.5 Å². The molecule has 1 fully saturated rings. The van der Waals surface area contributed by atoms with E-state index in [4.69, 9.17) is 4.55 Å². The molecule has 0 spiro atoms. The van der Waals surface area contributed by atoms with Crippen molar-refractivity contribution in [1.29, 1.82) is 0 Å². The monoisotopic (exact) mass is 244 g/mol. The van der Waals surface area contributed by atoms with Crippen molar-refractivity contribution in [1.82, 2.24) is 0 Å². The van der Waals surface area contributed by atoms with E-state index in [0.717, 1.165) is 12.8 Å². The molecule has 0 aromatic heterocycles. The Kier molecular flexibility index (Phi) is 6.37. The first-order valence-electron chi connectivity index (χ1n) is 5.28. The maximum atomic E-state index is 11.1. The van der Waals surface area contributed by atoms with Crippen LogP contribution in [0.1, 0.15) is 40.0 Å². The van der Waals surface area contributed by atoms with Crippen molar-refractivity contribution >= 4 is 39.7 Å². The fraction of sp³-hybridized carbons (Fsp3) is 1.00. The number of hydrogen-bond donors (Lipinski definition) is 1. The summed E-state index contributed by atoms with van der Waals surface area (Å²) in [5.41, 5.74) is 0. The Bertz CT molecular complexity index is 287. The molecule has 1 N–H and O–H groups in total. The molecule has 0 amide bonds. The Morgan fingerprint density at radius 1 is 1.27 bits per heavy atom. The predicted octanol–water partition coefficient (Wildman–Crippen LogP) is 1.69. The van der Waals surface area contributed by atoms with Crippen LogP contribution < -0.4 is 0 Å². The molecule has 0 aromatic carbocycles. The van der Waals surface area contributed by atoms with Gasteiger partial charge in [-0.25, -0.2) is 0 Å². The third-order valence-corrected chi connectivity index (χ3v) is 4.91. The van der Waals surface area contributed by atoms with Gasteiger partial charge in [-0.1, -0.05) is 20.8 Å². The molecule has 0 heterocycles. The summed E-state index contributed by atoms with van der Waals surface area (Å²) < 4.78 is 31.3. The van der Waals surface area contributed by atoms with Crippen LogP contribution >= 0.6 is 0 Å². The van der Waals surface area contributed by atoms with Crippen molar-refractivity contribution in [2.24, 2.45) is 17.8 Å². The molecule has 15 heavy (non-hydrogen) atoms. The zero-order valence-electron chi connectivity index (χ0n) is 9.10. The minimum absolute atomic E-state index is 0. The van der Waals surface area contributed by atoms with E-state index in [1.165, 1.54) is 0 Å². The summed E-state index contributed by atoms with van der Waals surface area (Å²) in [7, 11) is -3.84. The fourth-order valence-corrected chi connectivity index (χ4v) is 3.55. The molecular weight excluding hydrogens is 223 g/mol. The van der Waals surface area contributed by atoms with E-state index in [9.17, 15) is 8.42 Å². The first-order chi connectivity index (χ1) is 6.32. The van der Waals surface area contributed by atoms with Crippen molar-refractivity contribution < 1.29 is 13.0 Å². The molecule has 5 heteroatoms. The molecule has 86 valence electrons. The Morgan fingerprint density at radius 2 is 1.80 bits per heavy atom. The molecule has 1 saturated carbocycles. The Labute approximate surface area is 115 Å². The van der Waals surface area contributed by atoms with E-state index in [0.29, 0.717) is 18.3 Å². The molecule has 0 aromatic rings. The molecule has 3 nitrogen and oxygen atoms in total. The first-order valence-corrected chi connectivity index (χ1v) is 6.79. The summed E-state index contributed by atoms with van der Waals surface area (Å²) in [6.45, 7) is 6.14. The number of hydrogen-bond acceptors (Lipinski definition) is 2. The maximum absolute atomic E-state index is 11.1. The van der Waals surface area contributed by atoms with Crippen LogP contribution in [0.25, 0.3) is 0 Å². The van der Waals surface area contributed by atoms with Crippen LogP contribution in [0.2, 0.25) is 0 Å². The van der Waals surface area contributed by atoms with Crippen molar-refractivity contribution in [3.63, 3.8) is 0 Å². The summed E-state index contributed by atoms with van der Waals surface area (Å²) in [5, 5.41) is -0.538. The molecule has 1 aliphatic carbocycles. The Hall–Kier alpha value is 0.910. The van der Waals surface area contributed by atoms with E-state index >= 15 is 0 Å². The van der Waals surface area contributed by atoms with Gasteiger partial charge in [0.1, 0.15) is 0 Å². The van der Waals surface area contributed by atoms with Gasteiger partial charge >= 0.3 is 29.6 Å². The van der Waals surface area contributed by atoms with Crippen LogP contribution in [0.3, 0.4) is 0 Å². The van der Waals surface area contributed by atoms with Crippen LogP contribution in [-0.4, -0.2) is 47.8 Å². The average molecular weight is 244 g/mol. The molecule has 0 saturated heterocycles. The van der Waals surface area contributed by atoms with Crippen LogP contribution in [-0.2, 0) is 10.1 Å². The van der Waals surface area contributed by atoms with Gasteiger partial charge in [-0.2, -0.15) is 8.42 Å². The first kappa shape index (κ1) is 15.9. The van der Waals surface area contributed by atoms with Crippen molar-refractivity contribution in [3.05, 3.63) is 0 Å². The molecule has 1 aliphatic rings. The van der Waals surface area contributed by atoms with Gasteiger partial charge in [0.2, 0.25) is 0 Å². The Balaban J connectivity index is 0.00000196. The number of rotatable bonds is 2. The van der Waals surface area contributed by atoms with Gasteiger partial charge in [0.15, 0.2) is 0 Å². The van der Waals surface area contributed by atoms with Crippen molar-refractivity contribution in [2.45, 2.75) is 45.3 Å². The predicted molar refractivity (Wildman–Crippen MR) is 63.8 cm³/mol. The van der Waals surface area contributed by atoms with Gasteiger partial charge in [-0.15, -0.1) is 0 Å². The molecule has 0 aliphatic heterocycles. The third-order valence-electron chi connectivity index (χ3n) is 3.49. The van der Waals surface area contributed by atoms with E-state index in [2.05, 4.69) is 13.8 Å². The third kappa shape index (κ3) is 4.35. The van der Waals surface area contributed by atoms with Crippen LogP contribution in [0.4, 0.5) is 0 Å².